The molecule has 0 unspecified atom stereocenters. The number of carboxylic acid groups (broad SMARTS) is 1. The van der Waals surface area contributed by atoms with Gasteiger partial charge in [-0.3, -0.25) is 9.59 Å². The molecule has 0 aromatic carbocycles. The molecule has 0 rings (SSSR count). The number of sulfone groups is 1. The van der Waals surface area contributed by atoms with Crippen molar-refractivity contribution in [2.75, 3.05) is 18.1 Å². The minimum atomic E-state index is -3.43. The number of hydrogen-bond donors (Lipinski definition) is 2. The van der Waals surface area contributed by atoms with Crippen LogP contribution in [-0.2, 0) is 19.4 Å². The lowest BCUT2D eigenvalue weighted by Crippen LogP contribution is -2.26. The number of rotatable bonds is 7. The van der Waals surface area contributed by atoms with Crippen molar-refractivity contribution in [3.8, 4) is 0 Å². The molecule has 6 nitrogen and oxygen atoms in total. The largest absolute Gasteiger partial charge is 0.481 e. The summed E-state index contributed by atoms with van der Waals surface area (Å²) in [5, 5.41) is 10.8. The molecule has 0 atom stereocenters. The Hall–Kier alpha value is -1.11. The van der Waals surface area contributed by atoms with E-state index in [-0.39, 0.29) is 18.1 Å². The lowest BCUT2D eigenvalue weighted by molar-refractivity contribution is -0.136. The third kappa shape index (κ3) is 7.92. The molecule has 0 spiro atoms. The molecule has 0 aliphatic carbocycles. The zero-order chi connectivity index (χ0) is 11.9. The van der Waals surface area contributed by atoms with Gasteiger partial charge in [0.15, 0.2) is 9.84 Å². The Morgan fingerprint density at radius 1 is 1.20 bits per heavy atom. The summed E-state index contributed by atoms with van der Waals surface area (Å²) in [4.78, 5) is 21.1. The van der Waals surface area contributed by atoms with E-state index in [0.29, 0.717) is 6.54 Å². The van der Waals surface area contributed by atoms with E-state index in [1.54, 1.807) is 6.92 Å². The standard InChI is InChI=1S/C8H15NO5S/c1-2-9-7(10)3-5-15(13,14)6-4-8(11)12/h2-6H2,1H3,(H,9,10)(H,11,12). The molecule has 0 aliphatic heterocycles. The molecule has 0 aromatic rings. The van der Waals surface area contributed by atoms with Crippen LogP contribution in [0, 0.1) is 0 Å². The fourth-order valence-electron chi connectivity index (χ4n) is 0.879. The van der Waals surface area contributed by atoms with E-state index < -0.39 is 28.0 Å². The van der Waals surface area contributed by atoms with Crippen LogP contribution < -0.4 is 5.32 Å². The number of hydrogen-bond acceptors (Lipinski definition) is 4. The molecule has 0 heterocycles. The van der Waals surface area contributed by atoms with E-state index in [9.17, 15) is 18.0 Å². The summed E-state index contributed by atoms with van der Waals surface area (Å²) in [6.07, 6.45) is -0.534. The van der Waals surface area contributed by atoms with Crippen LogP contribution in [-0.4, -0.2) is 43.5 Å². The van der Waals surface area contributed by atoms with Crippen molar-refractivity contribution in [2.24, 2.45) is 0 Å². The summed E-state index contributed by atoms with van der Waals surface area (Å²) in [6.45, 7) is 2.19. The predicted molar refractivity (Wildman–Crippen MR) is 54.2 cm³/mol. The van der Waals surface area contributed by atoms with Gasteiger partial charge in [-0.05, 0) is 6.92 Å². The van der Waals surface area contributed by atoms with Gasteiger partial charge in [-0.25, -0.2) is 8.42 Å². The maximum atomic E-state index is 11.2. The Kier molecular flexibility index (Phi) is 5.92. The van der Waals surface area contributed by atoms with Crippen molar-refractivity contribution in [3.05, 3.63) is 0 Å². The van der Waals surface area contributed by atoms with Crippen LogP contribution in [0.15, 0.2) is 0 Å². The fourth-order valence-corrected chi connectivity index (χ4v) is 2.06. The first-order valence-electron chi connectivity index (χ1n) is 4.56. The van der Waals surface area contributed by atoms with Crippen LogP contribution >= 0.6 is 0 Å². The lowest BCUT2D eigenvalue weighted by atomic mass is 10.4. The smallest absolute Gasteiger partial charge is 0.304 e. The average Bonchev–Trinajstić information content (AvgIpc) is 2.13. The minimum absolute atomic E-state index is 0.115. The predicted octanol–water partition coefficient (Wildman–Crippen LogP) is -0.598. The number of amides is 1. The van der Waals surface area contributed by atoms with Crippen LogP contribution in [0.4, 0.5) is 0 Å². The lowest BCUT2D eigenvalue weighted by Gasteiger charge is -2.03. The van der Waals surface area contributed by atoms with Gasteiger partial charge in [-0.15, -0.1) is 0 Å². The molecule has 88 valence electrons. The van der Waals surface area contributed by atoms with Crippen molar-refractivity contribution in [3.63, 3.8) is 0 Å². The Bertz CT molecular complexity index is 322. The summed E-state index contributed by atoms with van der Waals surface area (Å²) in [7, 11) is -3.43. The van der Waals surface area contributed by atoms with E-state index in [1.165, 1.54) is 0 Å². The van der Waals surface area contributed by atoms with Gasteiger partial charge in [0.2, 0.25) is 5.91 Å². The topological polar surface area (TPSA) is 101 Å². The number of carbonyl (C=O) groups excluding carboxylic acids is 1. The number of carbonyl (C=O) groups is 2. The second-order valence-electron chi connectivity index (χ2n) is 3.00. The summed E-state index contributed by atoms with van der Waals surface area (Å²) in [5.41, 5.74) is 0. The fraction of sp³-hybridized carbons (Fsp3) is 0.750. The molecule has 0 aliphatic rings. The molecule has 1 amide bonds. The molecule has 0 saturated carbocycles. The highest BCUT2D eigenvalue weighted by molar-refractivity contribution is 7.91. The first-order valence-corrected chi connectivity index (χ1v) is 6.38. The van der Waals surface area contributed by atoms with Gasteiger partial charge in [-0.1, -0.05) is 0 Å². The van der Waals surface area contributed by atoms with Gasteiger partial charge in [0, 0.05) is 13.0 Å². The zero-order valence-corrected chi connectivity index (χ0v) is 9.34. The molecular formula is C8H15NO5S. The van der Waals surface area contributed by atoms with Crippen molar-refractivity contribution >= 4 is 21.7 Å². The van der Waals surface area contributed by atoms with Crippen LogP contribution in [0.5, 0.6) is 0 Å². The number of carboxylic acids is 1. The van der Waals surface area contributed by atoms with Gasteiger partial charge in [0.25, 0.3) is 0 Å². The average molecular weight is 237 g/mol. The minimum Gasteiger partial charge on any atom is -0.481 e. The van der Waals surface area contributed by atoms with E-state index in [0.717, 1.165) is 0 Å². The van der Waals surface area contributed by atoms with Crippen molar-refractivity contribution in [2.45, 2.75) is 19.8 Å². The van der Waals surface area contributed by atoms with Gasteiger partial charge >= 0.3 is 5.97 Å². The van der Waals surface area contributed by atoms with Crippen molar-refractivity contribution in [1.82, 2.24) is 5.32 Å². The van der Waals surface area contributed by atoms with Gasteiger partial charge in [0.05, 0.1) is 17.9 Å². The van der Waals surface area contributed by atoms with E-state index in [1.807, 2.05) is 0 Å². The SMILES string of the molecule is CCNC(=O)CCS(=O)(=O)CCC(=O)O. The maximum absolute atomic E-state index is 11.2. The third-order valence-electron chi connectivity index (χ3n) is 1.64. The highest BCUT2D eigenvalue weighted by atomic mass is 32.2. The highest BCUT2D eigenvalue weighted by Gasteiger charge is 2.14. The number of nitrogens with one attached hydrogen (secondary N) is 1. The van der Waals surface area contributed by atoms with Crippen LogP contribution in [0.2, 0.25) is 0 Å². The van der Waals surface area contributed by atoms with E-state index >= 15 is 0 Å². The Morgan fingerprint density at radius 3 is 2.20 bits per heavy atom. The highest BCUT2D eigenvalue weighted by Crippen LogP contribution is 1.97. The van der Waals surface area contributed by atoms with Crippen molar-refractivity contribution in [1.29, 1.82) is 0 Å². The maximum Gasteiger partial charge on any atom is 0.304 e. The first kappa shape index (κ1) is 13.9. The summed E-state index contributed by atoms with van der Waals surface area (Å²) in [6, 6.07) is 0. The number of aliphatic carboxylic acids is 1. The molecule has 0 aromatic heterocycles. The van der Waals surface area contributed by atoms with Gasteiger partial charge in [-0.2, -0.15) is 0 Å². The molecule has 15 heavy (non-hydrogen) atoms. The molecule has 7 heteroatoms. The Labute approximate surface area is 88.6 Å². The van der Waals surface area contributed by atoms with E-state index in [2.05, 4.69) is 5.32 Å². The summed E-state index contributed by atoms with van der Waals surface area (Å²) in [5.74, 6) is -2.21. The Morgan fingerprint density at radius 2 is 1.73 bits per heavy atom. The van der Waals surface area contributed by atoms with Crippen LogP contribution in [0.3, 0.4) is 0 Å². The van der Waals surface area contributed by atoms with Crippen LogP contribution in [0.25, 0.3) is 0 Å². The van der Waals surface area contributed by atoms with Gasteiger partial charge in [0.1, 0.15) is 0 Å². The summed E-state index contributed by atoms with van der Waals surface area (Å²) >= 11 is 0. The first-order chi connectivity index (χ1) is 6.87. The molecule has 0 fully saturated rings. The molecule has 0 radical (unpaired) electrons. The third-order valence-corrected chi connectivity index (χ3v) is 3.29. The second-order valence-corrected chi connectivity index (χ2v) is 5.30. The molecule has 0 bridgehead atoms. The monoisotopic (exact) mass is 237 g/mol. The summed E-state index contributed by atoms with van der Waals surface area (Å²) < 4.78 is 22.4. The van der Waals surface area contributed by atoms with Crippen molar-refractivity contribution < 1.29 is 23.1 Å². The quantitative estimate of drug-likeness (QED) is 0.616. The van der Waals surface area contributed by atoms with E-state index in [4.69, 9.17) is 5.11 Å². The van der Waals surface area contributed by atoms with Gasteiger partial charge < -0.3 is 10.4 Å². The molecule has 2 N–H and O–H groups in total. The van der Waals surface area contributed by atoms with Crippen LogP contribution in [0.1, 0.15) is 19.8 Å². The normalized spacial score (nSPS) is 11.0. The molecule has 0 saturated heterocycles. The zero-order valence-electron chi connectivity index (χ0n) is 8.52. The Balaban J connectivity index is 3.94. The second kappa shape index (κ2) is 6.39. The molecular weight excluding hydrogens is 222 g/mol.